The Labute approximate surface area is 145 Å². The van der Waals surface area contributed by atoms with Crippen molar-refractivity contribution in [3.05, 3.63) is 29.8 Å². The number of rotatable bonds is 3. The quantitative estimate of drug-likeness (QED) is 0.709. The number of hydrogen-bond acceptors (Lipinski definition) is 6. The topological polar surface area (TPSA) is 93.2 Å². The molecular weight excluding hydrogens is 348 g/mol. The number of carbonyl (C=O) groups excluding carboxylic acids is 2. The van der Waals surface area contributed by atoms with Crippen LogP contribution < -0.4 is 0 Å². The van der Waals surface area contributed by atoms with Crippen LogP contribution in [-0.2, 0) is 24.3 Å². The minimum absolute atomic E-state index is 0.0144. The first-order chi connectivity index (χ1) is 11.9. The van der Waals surface area contributed by atoms with Crippen molar-refractivity contribution >= 4 is 21.9 Å². The van der Waals surface area contributed by atoms with E-state index in [0.717, 1.165) is 0 Å². The van der Waals surface area contributed by atoms with Crippen molar-refractivity contribution in [1.29, 1.82) is 0 Å². The van der Waals surface area contributed by atoms with Crippen molar-refractivity contribution in [2.45, 2.75) is 29.5 Å². The van der Waals surface area contributed by atoms with Crippen LogP contribution in [0.25, 0.3) is 0 Å². The predicted octanol–water partition coefficient (Wildman–Crippen LogP) is 0.195. The molecule has 1 aromatic carbocycles. The van der Waals surface area contributed by atoms with Crippen LogP contribution in [0.2, 0.25) is 0 Å². The molecule has 4 rings (SSSR count). The summed E-state index contributed by atoms with van der Waals surface area (Å²) in [6, 6.07) is 5.37. The highest BCUT2D eigenvalue weighted by Crippen LogP contribution is 2.47. The maximum Gasteiger partial charge on any atom is 0.339 e. The first-order valence-corrected chi connectivity index (χ1v) is 9.49. The van der Waals surface area contributed by atoms with Crippen LogP contribution in [0.3, 0.4) is 0 Å². The van der Waals surface area contributed by atoms with Crippen LogP contribution in [0.15, 0.2) is 29.2 Å². The highest BCUT2D eigenvalue weighted by atomic mass is 32.2. The van der Waals surface area contributed by atoms with Crippen LogP contribution in [0.1, 0.15) is 23.2 Å². The summed E-state index contributed by atoms with van der Waals surface area (Å²) in [4.78, 5) is 25.8. The molecule has 0 N–H and O–H groups in total. The minimum atomic E-state index is -3.97. The number of carbonyl (C=O) groups is 2. The molecule has 0 aromatic heterocycles. The molecule has 1 amide bonds. The highest BCUT2D eigenvalue weighted by molar-refractivity contribution is 7.89. The van der Waals surface area contributed by atoms with E-state index in [-0.39, 0.29) is 29.3 Å². The van der Waals surface area contributed by atoms with Crippen LogP contribution in [0.4, 0.5) is 0 Å². The van der Waals surface area contributed by atoms with E-state index >= 15 is 0 Å². The Morgan fingerprint density at radius 1 is 1.32 bits per heavy atom. The second kappa shape index (κ2) is 5.52. The summed E-state index contributed by atoms with van der Waals surface area (Å²) in [5.74, 6) is -0.807. The molecule has 0 radical (unpaired) electrons. The third kappa shape index (κ3) is 2.16. The van der Waals surface area contributed by atoms with Crippen molar-refractivity contribution in [1.82, 2.24) is 9.21 Å². The van der Waals surface area contributed by atoms with Gasteiger partial charge in [-0.15, -0.1) is 0 Å². The van der Waals surface area contributed by atoms with Crippen molar-refractivity contribution in [2.75, 3.05) is 26.8 Å². The summed E-state index contributed by atoms with van der Waals surface area (Å²) in [7, 11) is -2.77. The average Bonchev–Trinajstić information content (AvgIpc) is 3.25. The van der Waals surface area contributed by atoms with Gasteiger partial charge in [-0.1, -0.05) is 12.1 Å². The van der Waals surface area contributed by atoms with Gasteiger partial charge in [0.25, 0.3) is 0 Å². The van der Waals surface area contributed by atoms with Crippen molar-refractivity contribution in [3.8, 4) is 0 Å². The number of benzene rings is 1. The van der Waals surface area contributed by atoms with E-state index in [1.54, 1.807) is 17.0 Å². The normalized spacial score (nSPS) is 28.9. The van der Waals surface area contributed by atoms with Gasteiger partial charge < -0.3 is 14.4 Å². The SMILES string of the molecule is COC(=O)c1ccccc1S(=O)(=O)N1CC[C@@]23OCCN2C(=O)C[C@@H]13. The molecule has 0 bridgehead atoms. The second-order valence-corrected chi connectivity index (χ2v) is 8.17. The van der Waals surface area contributed by atoms with Gasteiger partial charge in [0.05, 0.1) is 30.2 Å². The molecule has 1 aromatic rings. The molecule has 3 fully saturated rings. The molecule has 3 aliphatic heterocycles. The first kappa shape index (κ1) is 16.5. The zero-order chi connectivity index (χ0) is 17.8. The molecule has 3 heterocycles. The van der Waals surface area contributed by atoms with Crippen LogP contribution in [0.5, 0.6) is 0 Å². The van der Waals surface area contributed by atoms with Crippen molar-refractivity contribution < 1.29 is 27.5 Å². The molecule has 8 nitrogen and oxygen atoms in total. The third-order valence-corrected chi connectivity index (χ3v) is 7.20. The summed E-state index contributed by atoms with van der Waals surface area (Å²) < 4.78 is 38.3. The molecule has 2 atom stereocenters. The third-order valence-electron chi connectivity index (χ3n) is 5.23. The van der Waals surface area contributed by atoms with Gasteiger partial charge in [-0.2, -0.15) is 4.31 Å². The van der Waals surface area contributed by atoms with Gasteiger partial charge in [0.2, 0.25) is 15.9 Å². The highest BCUT2D eigenvalue weighted by Gasteiger charge is 2.64. The van der Waals surface area contributed by atoms with Gasteiger partial charge in [0, 0.05) is 25.9 Å². The maximum absolute atomic E-state index is 13.2. The van der Waals surface area contributed by atoms with Gasteiger partial charge in [-0.05, 0) is 12.1 Å². The van der Waals surface area contributed by atoms with E-state index in [9.17, 15) is 18.0 Å². The maximum atomic E-state index is 13.2. The Balaban J connectivity index is 1.76. The fraction of sp³-hybridized carbons (Fsp3) is 0.500. The molecule has 134 valence electrons. The van der Waals surface area contributed by atoms with E-state index in [1.165, 1.54) is 23.5 Å². The van der Waals surface area contributed by atoms with Gasteiger partial charge in [0.1, 0.15) is 0 Å². The van der Waals surface area contributed by atoms with E-state index in [2.05, 4.69) is 0 Å². The molecule has 0 aliphatic carbocycles. The lowest BCUT2D eigenvalue weighted by Gasteiger charge is -2.31. The molecule has 0 saturated carbocycles. The van der Waals surface area contributed by atoms with Gasteiger partial charge in [-0.25, -0.2) is 13.2 Å². The Kier molecular flexibility index (Phi) is 3.64. The summed E-state index contributed by atoms with van der Waals surface area (Å²) >= 11 is 0. The van der Waals surface area contributed by atoms with Crippen molar-refractivity contribution in [2.24, 2.45) is 0 Å². The Hall–Kier alpha value is -1.97. The summed E-state index contributed by atoms with van der Waals surface area (Å²) in [5, 5.41) is 0. The number of nitrogens with zero attached hydrogens (tertiary/aromatic N) is 2. The lowest BCUT2D eigenvalue weighted by Crippen LogP contribution is -2.48. The average molecular weight is 366 g/mol. The molecule has 0 unspecified atom stereocenters. The Bertz CT molecular complexity index is 854. The minimum Gasteiger partial charge on any atom is -0.465 e. The molecule has 3 aliphatic rings. The Morgan fingerprint density at radius 3 is 2.84 bits per heavy atom. The lowest BCUT2D eigenvalue weighted by atomic mass is 10.1. The zero-order valence-corrected chi connectivity index (χ0v) is 14.5. The summed E-state index contributed by atoms with van der Waals surface area (Å²) in [6.07, 6.45) is 0.530. The van der Waals surface area contributed by atoms with E-state index in [1.807, 2.05) is 0 Å². The molecule has 1 spiro atoms. The summed E-state index contributed by atoms with van der Waals surface area (Å²) in [6.45, 7) is 1.14. The van der Waals surface area contributed by atoms with E-state index in [0.29, 0.717) is 19.6 Å². The van der Waals surface area contributed by atoms with Crippen molar-refractivity contribution in [3.63, 3.8) is 0 Å². The van der Waals surface area contributed by atoms with Gasteiger partial charge in [0.15, 0.2) is 5.72 Å². The molecule has 9 heteroatoms. The number of amides is 1. The number of ether oxygens (including phenoxy) is 2. The molecule has 3 saturated heterocycles. The van der Waals surface area contributed by atoms with E-state index in [4.69, 9.17) is 9.47 Å². The first-order valence-electron chi connectivity index (χ1n) is 8.05. The molecule has 25 heavy (non-hydrogen) atoms. The largest absolute Gasteiger partial charge is 0.465 e. The van der Waals surface area contributed by atoms with E-state index < -0.39 is 27.8 Å². The zero-order valence-electron chi connectivity index (χ0n) is 13.7. The smallest absolute Gasteiger partial charge is 0.339 e. The monoisotopic (exact) mass is 366 g/mol. The number of methoxy groups -OCH3 is 1. The van der Waals surface area contributed by atoms with Gasteiger partial charge >= 0.3 is 5.97 Å². The Morgan fingerprint density at radius 2 is 2.08 bits per heavy atom. The van der Waals surface area contributed by atoms with Crippen LogP contribution >= 0.6 is 0 Å². The number of esters is 1. The standard InChI is InChI=1S/C16H18N2O6S/c1-23-15(20)11-4-2-3-5-12(11)25(21,22)18-7-6-16-13(18)10-14(19)17(16)8-9-24-16/h2-5,13H,6-10H2,1H3/t13-,16+/m1/s1. The predicted molar refractivity (Wildman–Crippen MR) is 85.1 cm³/mol. The van der Waals surface area contributed by atoms with Crippen LogP contribution in [0, 0.1) is 0 Å². The molecular formula is C16H18N2O6S. The lowest BCUT2D eigenvalue weighted by molar-refractivity contribution is -0.136. The fourth-order valence-corrected chi connectivity index (χ4v) is 5.98. The number of hydrogen-bond donors (Lipinski definition) is 0. The summed E-state index contributed by atoms with van der Waals surface area (Å²) in [5.41, 5.74) is -0.871. The van der Waals surface area contributed by atoms with Crippen LogP contribution in [-0.4, -0.2) is 68.1 Å². The van der Waals surface area contributed by atoms with Gasteiger partial charge in [-0.3, -0.25) is 4.79 Å². The second-order valence-electron chi connectivity index (χ2n) is 6.31. The fourth-order valence-electron chi connectivity index (χ4n) is 4.14. The number of sulfonamides is 1.